The van der Waals surface area contributed by atoms with Gasteiger partial charge in [-0.05, 0) is 6.42 Å². The summed E-state index contributed by atoms with van der Waals surface area (Å²) in [6, 6.07) is 0. The molecule has 0 fully saturated rings. The first kappa shape index (κ1) is 16.0. The largest absolute Gasteiger partial charge is 0.530 e. The molecule has 2 N–H and O–H groups in total. The Bertz CT molecular complexity index is 167. The van der Waals surface area contributed by atoms with E-state index in [1.165, 1.54) is 21.3 Å². The van der Waals surface area contributed by atoms with E-state index in [1.54, 1.807) is 0 Å². The summed E-state index contributed by atoms with van der Waals surface area (Å²) in [5, 5.41) is 17.9. The first-order chi connectivity index (χ1) is 7.60. The van der Waals surface area contributed by atoms with Crippen LogP contribution in [-0.4, -0.2) is 65.4 Å². The summed E-state index contributed by atoms with van der Waals surface area (Å²) >= 11 is 0. The standard InChI is InChI=1S/C9H22O6Si/c1-5-9(15-7-8(11)6-10)16(12-2,13-3)14-4/h8-11H,5-7H2,1-4H3. The molecule has 0 aromatic heterocycles. The van der Waals surface area contributed by atoms with E-state index >= 15 is 0 Å². The molecule has 7 heteroatoms. The van der Waals surface area contributed by atoms with Crippen LogP contribution in [0, 0.1) is 0 Å². The predicted octanol–water partition coefficient (Wildman–Crippen LogP) is -0.448. The molecule has 0 saturated heterocycles. The van der Waals surface area contributed by atoms with Gasteiger partial charge in [-0.2, -0.15) is 0 Å². The van der Waals surface area contributed by atoms with Crippen LogP contribution >= 0.6 is 0 Å². The molecule has 0 aromatic rings. The van der Waals surface area contributed by atoms with Crippen LogP contribution in [0.3, 0.4) is 0 Å². The first-order valence-electron chi connectivity index (χ1n) is 5.16. The number of rotatable bonds is 9. The van der Waals surface area contributed by atoms with Gasteiger partial charge in [0.25, 0.3) is 0 Å². The third-order valence-electron chi connectivity index (χ3n) is 2.32. The van der Waals surface area contributed by atoms with Crippen molar-refractivity contribution < 1.29 is 28.2 Å². The zero-order chi connectivity index (χ0) is 12.6. The molecule has 16 heavy (non-hydrogen) atoms. The van der Waals surface area contributed by atoms with Gasteiger partial charge in [0, 0.05) is 21.3 Å². The van der Waals surface area contributed by atoms with E-state index in [0.29, 0.717) is 6.42 Å². The SMILES string of the molecule is CCC(OCC(O)CO)[Si](OC)(OC)OC. The van der Waals surface area contributed by atoms with Crippen LogP contribution in [0.1, 0.15) is 13.3 Å². The van der Waals surface area contributed by atoms with Gasteiger partial charge in [0.15, 0.2) is 0 Å². The molecule has 0 bridgehead atoms. The molecule has 0 spiro atoms. The van der Waals surface area contributed by atoms with Crippen molar-refractivity contribution in [2.24, 2.45) is 0 Å². The van der Waals surface area contributed by atoms with Crippen LogP contribution in [0.2, 0.25) is 0 Å². The van der Waals surface area contributed by atoms with Crippen LogP contribution in [0.5, 0.6) is 0 Å². The Morgan fingerprint density at radius 1 is 1.12 bits per heavy atom. The lowest BCUT2D eigenvalue weighted by molar-refractivity contribution is -0.0378. The fourth-order valence-corrected chi connectivity index (χ4v) is 3.48. The van der Waals surface area contributed by atoms with Gasteiger partial charge in [0.05, 0.1) is 13.2 Å². The van der Waals surface area contributed by atoms with Crippen molar-refractivity contribution in [2.75, 3.05) is 34.5 Å². The third kappa shape index (κ3) is 4.09. The van der Waals surface area contributed by atoms with E-state index in [0.717, 1.165) is 0 Å². The lowest BCUT2D eigenvalue weighted by Crippen LogP contribution is -2.55. The van der Waals surface area contributed by atoms with E-state index in [4.69, 9.17) is 23.1 Å². The molecule has 0 aliphatic carbocycles. The average Bonchev–Trinajstić information content (AvgIpc) is 2.34. The summed E-state index contributed by atoms with van der Waals surface area (Å²) in [5.41, 5.74) is -0.353. The molecule has 98 valence electrons. The van der Waals surface area contributed by atoms with Crippen LogP contribution < -0.4 is 0 Å². The average molecular weight is 254 g/mol. The monoisotopic (exact) mass is 254 g/mol. The Labute approximate surface area is 97.5 Å². The van der Waals surface area contributed by atoms with E-state index in [-0.39, 0.29) is 18.9 Å². The second-order valence-corrected chi connectivity index (χ2v) is 6.36. The van der Waals surface area contributed by atoms with Crippen LogP contribution in [0.4, 0.5) is 0 Å². The lowest BCUT2D eigenvalue weighted by Gasteiger charge is -2.31. The molecule has 2 unspecified atom stereocenters. The van der Waals surface area contributed by atoms with E-state index < -0.39 is 14.9 Å². The third-order valence-corrected chi connectivity index (χ3v) is 5.39. The molecule has 6 nitrogen and oxygen atoms in total. The Balaban J connectivity index is 4.43. The maximum Gasteiger partial charge on any atom is 0.530 e. The smallest absolute Gasteiger partial charge is 0.394 e. The highest BCUT2D eigenvalue weighted by Gasteiger charge is 2.47. The van der Waals surface area contributed by atoms with Crippen LogP contribution in [0.15, 0.2) is 0 Å². The van der Waals surface area contributed by atoms with Crippen molar-refractivity contribution in [2.45, 2.75) is 25.2 Å². The number of aliphatic hydroxyl groups excluding tert-OH is 2. The molecule has 0 amide bonds. The van der Waals surface area contributed by atoms with Gasteiger partial charge < -0.3 is 28.2 Å². The quantitative estimate of drug-likeness (QED) is 0.543. The molecule has 0 aromatic carbocycles. The van der Waals surface area contributed by atoms with Crippen molar-refractivity contribution in [3.63, 3.8) is 0 Å². The molecule has 0 aliphatic heterocycles. The molecule has 0 rings (SSSR count). The van der Waals surface area contributed by atoms with E-state index in [1.807, 2.05) is 6.92 Å². The normalized spacial score (nSPS) is 16.1. The van der Waals surface area contributed by atoms with Crippen molar-refractivity contribution in [1.29, 1.82) is 0 Å². The summed E-state index contributed by atoms with van der Waals surface area (Å²) in [6.07, 6.45) is -0.258. The highest BCUT2D eigenvalue weighted by Crippen LogP contribution is 2.18. The maximum atomic E-state index is 9.20. The molecular weight excluding hydrogens is 232 g/mol. The number of hydrogen-bond acceptors (Lipinski definition) is 6. The molecule has 0 heterocycles. The number of aliphatic hydroxyl groups is 2. The van der Waals surface area contributed by atoms with E-state index in [9.17, 15) is 5.11 Å². The molecule has 0 radical (unpaired) electrons. The van der Waals surface area contributed by atoms with Gasteiger partial charge in [0.1, 0.15) is 11.8 Å². The van der Waals surface area contributed by atoms with Gasteiger partial charge in [-0.15, -0.1) is 0 Å². The van der Waals surface area contributed by atoms with Crippen molar-refractivity contribution in [3.05, 3.63) is 0 Å². The summed E-state index contributed by atoms with van der Waals surface area (Å²) in [4.78, 5) is 0. The fraction of sp³-hybridized carbons (Fsp3) is 1.00. The van der Waals surface area contributed by atoms with Crippen LogP contribution in [0.25, 0.3) is 0 Å². The Morgan fingerprint density at radius 2 is 1.62 bits per heavy atom. The van der Waals surface area contributed by atoms with Gasteiger partial charge in [-0.3, -0.25) is 0 Å². The molecular formula is C9H22O6Si. The first-order valence-corrected chi connectivity index (χ1v) is 6.96. The summed E-state index contributed by atoms with van der Waals surface area (Å²) in [5.74, 6) is 0. The van der Waals surface area contributed by atoms with Gasteiger partial charge in [0.2, 0.25) is 0 Å². The van der Waals surface area contributed by atoms with Crippen molar-refractivity contribution in [3.8, 4) is 0 Å². The number of ether oxygens (including phenoxy) is 1. The minimum absolute atomic E-state index is 0.0276. The fourth-order valence-electron chi connectivity index (χ4n) is 1.39. The zero-order valence-corrected chi connectivity index (χ0v) is 11.3. The topological polar surface area (TPSA) is 77.4 Å². The minimum atomic E-state index is -2.84. The Morgan fingerprint density at radius 3 is 1.94 bits per heavy atom. The maximum absolute atomic E-state index is 9.20. The second kappa shape index (κ2) is 8.12. The highest BCUT2D eigenvalue weighted by molar-refractivity contribution is 6.62. The second-order valence-electron chi connectivity index (χ2n) is 3.28. The summed E-state index contributed by atoms with van der Waals surface area (Å²) < 4.78 is 21.3. The predicted molar refractivity (Wildman–Crippen MR) is 59.9 cm³/mol. The summed E-state index contributed by atoms with van der Waals surface area (Å²) in [6.45, 7) is 1.60. The van der Waals surface area contributed by atoms with Gasteiger partial charge in [-0.25, -0.2) is 0 Å². The summed E-state index contributed by atoms with van der Waals surface area (Å²) in [7, 11) is 1.68. The van der Waals surface area contributed by atoms with Crippen LogP contribution in [-0.2, 0) is 18.0 Å². The molecule has 0 saturated carbocycles. The molecule has 0 aliphatic rings. The zero-order valence-electron chi connectivity index (χ0n) is 10.3. The van der Waals surface area contributed by atoms with Gasteiger partial charge in [-0.1, -0.05) is 6.92 Å². The van der Waals surface area contributed by atoms with Crippen molar-refractivity contribution >= 4 is 8.80 Å². The Hall–Kier alpha value is -0.0231. The number of hydrogen-bond donors (Lipinski definition) is 2. The Kier molecular flexibility index (Phi) is 8.11. The van der Waals surface area contributed by atoms with Gasteiger partial charge >= 0.3 is 8.80 Å². The van der Waals surface area contributed by atoms with Crippen molar-refractivity contribution in [1.82, 2.24) is 0 Å². The van der Waals surface area contributed by atoms with E-state index in [2.05, 4.69) is 0 Å². The highest BCUT2D eigenvalue weighted by atomic mass is 28.4. The molecule has 2 atom stereocenters. The minimum Gasteiger partial charge on any atom is -0.394 e. The lowest BCUT2D eigenvalue weighted by atomic mass is 10.4.